The van der Waals surface area contributed by atoms with E-state index in [9.17, 15) is 4.79 Å². The molecule has 1 N–H and O–H groups in total. The molecule has 2 fully saturated rings. The average Bonchev–Trinajstić information content (AvgIpc) is 3.00. The highest BCUT2D eigenvalue weighted by molar-refractivity contribution is 5.77. The molecular weight excluding hydrogens is 220 g/mol. The molecule has 1 aromatic heterocycles. The first kappa shape index (κ1) is 10.7. The van der Waals surface area contributed by atoms with E-state index in [1.165, 1.54) is 0 Å². The maximum Gasteiger partial charge on any atom is 0.262 e. The van der Waals surface area contributed by atoms with Crippen LogP contribution in [-0.2, 0) is 9.53 Å². The van der Waals surface area contributed by atoms with Gasteiger partial charge in [-0.25, -0.2) is 5.01 Å². The first-order valence-corrected chi connectivity index (χ1v) is 5.97. The number of aromatic nitrogens is 2. The van der Waals surface area contributed by atoms with Crippen LogP contribution in [0.25, 0.3) is 0 Å². The van der Waals surface area contributed by atoms with Crippen LogP contribution >= 0.6 is 0 Å². The van der Waals surface area contributed by atoms with E-state index < -0.39 is 0 Å². The molecule has 1 amide bonds. The zero-order chi connectivity index (χ0) is 11.7. The van der Waals surface area contributed by atoms with E-state index in [1.807, 2.05) is 11.1 Å². The van der Waals surface area contributed by atoms with Crippen LogP contribution in [0.5, 0.6) is 0 Å². The van der Waals surface area contributed by atoms with Gasteiger partial charge in [-0.3, -0.25) is 14.9 Å². The molecule has 1 unspecified atom stereocenters. The molecule has 2 saturated heterocycles. The second kappa shape index (κ2) is 4.46. The van der Waals surface area contributed by atoms with E-state index in [4.69, 9.17) is 4.74 Å². The summed E-state index contributed by atoms with van der Waals surface area (Å²) < 4.78 is 5.14. The molecule has 1 aromatic rings. The van der Waals surface area contributed by atoms with Crippen molar-refractivity contribution in [2.45, 2.75) is 12.3 Å². The Morgan fingerprint density at radius 1 is 1.47 bits per heavy atom. The fraction of sp³-hybridized carbons (Fsp3) is 0.636. The van der Waals surface area contributed by atoms with Crippen molar-refractivity contribution in [2.24, 2.45) is 0 Å². The van der Waals surface area contributed by atoms with Gasteiger partial charge in [0.25, 0.3) is 5.91 Å². The number of hydrogen-bond acceptors (Lipinski definition) is 4. The van der Waals surface area contributed by atoms with Gasteiger partial charge in [0.2, 0.25) is 0 Å². The largest absolute Gasteiger partial charge is 0.370 e. The predicted molar refractivity (Wildman–Crippen MR) is 60.1 cm³/mol. The molecule has 6 heteroatoms. The molecule has 2 aliphatic heterocycles. The predicted octanol–water partition coefficient (Wildman–Crippen LogP) is -0.0272. The van der Waals surface area contributed by atoms with Crippen molar-refractivity contribution in [3.8, 4) is 0 Å². The molecule has 17 heavy (non-hydrogen) atoms. The lowest BCUT2D eigenvalue weighted by Gasteiger charge is -2.34. The lowest BCUT2D eigenvalue weighted by atomic mass is 10.1. The highest BCUT2D eigenvalue weighted by Crippen LogP contribution is 2.26. The minimum absolute atomic E-state index is 0.0708. The Morgan fingerprint density at radius 3 is 3.18 bits per heavy atom. The van der Waals surface area contributed by atoms with E-state index in [-0.39, 0.29) is 12.5 Å². The smallest absolute Gasteiger partial charge is 0.262 e. The Bertz CT molecular complexity index is 392. The maximum absolute atomic E-state index is 11.7. The molecular formula is C11H16N4O2. The van der Waals surface area contributed by atoms with E-state index in [0.717, 1.165) is 25.2 Å². The number of carbonyl (C=O) groups is 1. The molecule has 0 bridgehead atoms. The van der Waals surface area contributed by atoms with Crippen LogP contribution in [0, 0.1) is 0 Å². The number of morpholine rings is 1. The number of rotatable bonds is 2. The van der Waals surface area contributed by atoms with Gasteiger partial charge in [-0.15, -0.1) is 0 Å². The van der Waals surface area contributed by atoms with Gasteiger partial charge in [0.15, 0.2) is 0 Å². The molecule has 92 valence electrons. The molecule has 0 aromatic carbocycles. The lowest BCUT2D eigenvalue weighted by molar-refractivity contribution is -0.162. The number of carbonyl (C=O) groups excluding carboxylic acids is 1. The van der Waals surface area contributed by atoms with Crippen LogP contribution in [0.4, 0.5) is 0 Å². The Hall–Kier alpha value is -1.40. The summed E-state index contributed by atoms with van der Waals surface area (Å²) in [5, 5.41) is 11.0. The summed E-state index contributed by atoms with van der Waals surface area (Å²) in [6, 6.07) is 2.01. The number of H-pyrrole nitrogens is 1. The Morgan fingerprint density at radius 2 is 2.41 bits per heavy atom. The van der Waals surface area contributed by atoms with Crippen LogP contribution in [0.15, 0.2) is 12.3 Å². The SMILES string of the molecule is O=C1COCCN1N1CCC(c2ccn[nH]2)C1. The Balaban J connectivity index is 1.65. The second-order valence-corrected chi connectivity index (χ2v) is 4.48. The van der Waals surface area contributed by atoms with Crippen LogP contribution in [0.3, 0.4) is 0 Å². The van der Waals surface area contributed by atoms with Crippen molar-refractivity contribution in [1.82, 2.24) is 20.2 Å². The molecule has 3 heterocycles. The summed E-state index contributed by atoms with van der Waals surface area (Å²) in [5.74, 6) is 0.523. The summed E-state index contributed by atoms with van der Waals surface area (Å²) in [6.45, 7) is 3.33. The minimum Gasteiger partial charge on any atom is -0.370 e. The van der Waals surface area contributed by atoms with Gasteiger partial charge in [-0.1, -0.05) is 0 Å². The zero-order valence-corrected chi connectivity index (χ0v) is 9.63. The molecule has 3 rings (SSSR count). The monoisotopic (exact) mass is 236 g/mol. The van der Waals surface area contributed by atoms with Gasteiger partial charge >= 0.3 is 0 Å². The van der Waals surface area contributed by atoms with Crippen molar-refractivity contribution in [3.63, 3.8) is 0 Å². The number of ether oxygens (including phenoxy) is 1. The lowest BCUT2D eigenvalue weighted by Crippen LogP contribution is -2.51. The highest BCUT2D eigenvalue weighted by atomic mass is 16.5. The van der Waals surface area contributed by atoms with Gasteiger partial charge in [0, 0.05) is 30.9 Å². The number of nitrogens with one attached hydrogen (secondary N) is 1. The number of hydrazine groups is 1. The Kier molecular flexibility index (Phi) is 2.82. The second-order valence-electron chi connectivity index (χ2n) is 4.48. The zero-order valence-electron chi connectivity index (χ0n) is 9.63. The molecule has 0 saturated carbocycles. The van der Waals surface area contributed by atoms with Crippen molar-refractivity contribution in [1.29, 1.82) is 0 Å². The summed E-state index contributed by atoms with van der Waals surface area (Å²) in [4.78, 5) is 11.7. The topological polar surface area (TPSA) is 61.5 Å². The van der Waals surface area contributed by atoms with Crippen molar-refractivity contribution in [2.75, 3.05) is 32.8 Å². The van der Waals surface area contributed by atoms with E-state index in [2.05, 4.69) is 15.2 Å². The highest BCUT2D eigenvalue weighted by Gasteiger charge is 2.32. The molecule has 0 aliphatic carbocycles. The third-order valence-corrected chi connectivity index (χ3v) is 3.43. The summed E-state index contributed by atoms with van der Waals surface area (Å²) in [5.41, 5.74) is 1.16. The molecule has 2 aliphatic rings. The first-order chi connectivity index (χ1) is 8.34. The fourth-order valence-corrected chi connectivity index (χ4v) is 2.52. The number of hydrogen-bond donors (Lipinski definition) is 1. The van der Waals surface area contributed by atoms with Gasteiger partial charge in [0.05, 0.1) is 13.2 Å². The summed E-state index contributed by atoms with van der Waals surface area (Å²) in [6.07, 6.45) is 2.84. The van der Waals surface area contributed by atoms with Crippen LogP contribution in [-0.4, -0.2) is 59.0 Å². The van der Waals surface area contributed by atoms with Gasteiger partial charge in [0.1, 0.15) is 6.61 Å². The quantitative estimate of drug-likeness (QED) is 0.783. The molecule has 6 nitrogen and oxygen atoms in total. The van der Waals surface area contributed by atoms with Gasteiger partial charge < -0.3 is 4.74 Å². The van der Waals surface area contributed by atoms with Crippen LogP contribution < -0.4 is 0 Å². The number of nitrogens with zero attached hydrogens (tertiary/aromatic N) is 3. The molecule has 1 atom stereocenters. The molecule has 0 spiro atoms. The third kappa shape index (κ3) is 2.05. The van der Waals surface area contributed by atoms with Crippen molar-refractivity contribution in [3.05, 3.63) is 18.0 Å². The van der Waals surface area contributed by atoms with E-state index in [0.29, 0.717) is 19.1 Å². The first-order valence-electron chi connectivity index (χ1n) is 5.97. The third-order valence-electron chi connectivity index (χ3n) is 3.43. The fourth-order valence-electron chi connectivity index (χ4n) is 2.52. The Labute approximate surface area is 99.5 Å². The normalized spacial score (nSPS) is 26.7. The minimum atomic E-state index is 0.0708. The summed E-state index contributed by atoms with van der Waals surface area (Å²) >= 11 is 0. The summed E-state index contributed by atoms with van der Waals surface area (Å²) in [7, 11) is 0. The standard InChI is InChI=1S/C11H16N4O2/c16-11-8-17-6-5-15(11)14-4-2-9(7-14)10-1-3-12-13-10/h1,3,9H,2,4-8H2,(H,12,13). The van der Waals surface area contributed by atoms with Gasteiger partial charge in [-0.2, -0.15) is 5.10 Å². The van der Waals surface area contributed by atoms with Crippen LogP contribution in [0.1, 0.15) is 18.0 Å². The average molecular weight is 236 g/mol. The van der Waals surface area contributed by atoms with Crippen molar-refractivity contribution < 1.29 is 9.53 Å². The maximum atomic E-state index is 11.7. The van der Waals surface area contributed by atoms with E-state index in [1.54, 1.807) is 6.20 Å². The molecule has 0 radical (unpaired) electrons. The van der Waals surface area contributed by atoms with E-state index >= 15 is 0 Å². The van der Waals surface area contributed by atoms with Crippen LogP contribution in [0.2, 0.25) is 0 Å². The van der Waals surface area contributed by atoms with Crippen molar-refractivity contribution >= 4 is 5.91 Å². The number of aromatic amines is 1. The van der Waals surface area contributed by atoms with Gasteiger partial charge in [-0.05, 0) is 12.5 Å². The number of amides is 1.